The lowest BCUT2D eigenvalue weighted by Crippen LogP contribution is -2.16. The fourth-order valence-electron chi connectivity index (χ4n) is 8.33. The average molecular weight is 654 g/mol. The van der Waals surface area contributed by atoms with Gasteiger partial charge >= 0.3 is 0 Å². The van der Waals surface area contributed by atoms with Crippen LogP contribution >= 0.6 is 0 Å². The number of anilines is 3. The van der Waals surface area contributed by atoms with E-state index in [1.54, 1.807) is 0 Å². The van der Waals surface area contributed by atoms with Crippen LogP contribution in [0.5, 0.6) is 0 Å². The minimum absolute atomic E-state index is 0.109. The first-order valence-corrected chi connectivity index (χ1v) is 17.7. The molecule has 242 valence electrons. The van der Waals surface area contributed by atoms with Gasteiger partial charge in [0.15, 0.2) is 0 Å². The minimum Gasteiger partial charge on any atom is -0.456 e. The number of hydrogen-bond acceptors (Lipinski definition) is 2. The second-order valence-electron chi connectivity index (χ2n) is 14.1. The third-order valence-corrected chi connectivity index (χ3v) is 10.9. The molecule has 10 rings (SSSR count). The second kappa shape index (κ2) is 11.3. The van der Waals surface area contributed by atoms with Crippen LogP contribution in [0, 0.1) is 0 Å². The highest BCUT2D eigenvalue weighted by molar-refractivity contribution is 6.22. The molecule has 0 fully saturated rings. The van der Waals surface area contributed by atoms with Crippen LogP contribution in [-0.4, -0.2) is 0 Å². The van der Waals surface area contributed by atoms with Crippen LogP contribution < -0.4 is 4.90 Å². The van der Waals surface area contributed by atoms with Crippen molar-refractivity contribution in [3.63, 3.8) is 0 Å². The molecule has 0 radical (unpaired) electrons. The summed E-state index contributed by atoms with van der Waals surface area (Å²) < 4.78 is 6.47. The molecule has 9 aromatic rings. The summed E-state index contributed by atoms with van der Waals surface area (Å²) in [5.41, 5.74) is 15.2. The van der Waals surface area contributed by atoms with Gasteiger partial charge in [0.1, 0.15) is 11.2 Å². The number of benzene rings is 8. The van der Waals surface area contributed by atoms with Crippen molar-refractivity contribution in [3.05, 3.63) is 187 Å². The van der Waals surface area contributed by atoms with Gasteiger partial charge in [0, 0.05) is 33.2 Å². The van der Waals surface area contributed by atoms with Gasteiger partial charge in [-0.25, -0.2) is 0 Å². The van der Waals surface area contributed by atoms with E-state index in [9.17, 15) is 0 Å². The molecule has 0 aliphatic heterocycles. The van der Waals surface area contributed by atoms with Crippen LogP contribution in [0.25, 0.3) is 66.1 Å². The van der Waals surface area contributed by atoms with Crippen molar-refractivity contribution in [2.45, 2.75) is 19.3 Å². The molecule has 0 N–H and O–H groups in total. The molecule has 0 unspecified atom stereocenters. The monoisotopic (exact) mass is 653 g/mol. The maximum absolute atomic E-state index is 6.47. The van der Waals surface area contributed by atoms with Gasteiger partial charge in [-0.1, -0.05) is 141 Å². The van der Waals surface area contributed by atoms with Gasteiger partial charge in [0.2, 0.25) is 0 Å². The lowest BCUT2D eigenvalue weighted by Gasteiger charge is -2.28. The summed E-state index contributed by atoms with van der Waals surface area (Å²) in [6.07, 6.45) is 0. The average Bonchev–Trinajstić information content (AvgIpc) is 3.67. The topological polar surface area (TPSA) is 16.4 Å². The molecule has 0 saturated carbocycles. The molecule has 1 aromatic heterocycles. The van der Waals surface area contributed by atoms with Crippen molar-refractivity contribution in [2.75, 3.05) is 4.90 Å². The molecule has 8 aromatic carbocycles. The van der Waals surface area contributed by atoms with E-state index < -0.39 is 0 Å². The third-order valence-electron chi connectivity index (χ3n) is 10.9. The van der Waals surface area contributed by atoms with Crippen LogP contribution in [0.1, 0.15) is 25.0 Å². The zero-order valence-corrected chi connectivity index (χ0v) is 28.6. The molecule has 1 heterocycles. The quantitative estimate of drug-likeness (QED) is 0.184. The molecule has 51 heavy (non-hydrogen) atoms. The maximum Gasteiger partial charge on any atom is 0.136 e. The lowest BCUT2D eigenvalue weighted by molar-refractivity contribution is 0.660. The molecule has 0 amide bonds. The maximum atomic E-state index is 6.47. The largest absolute Gasteiger partial charge is 0.456 e. The highest BCUT2D eigenvalue weighted by Crippen LogP contribution is 2.51. The Balaban J connectivity index is 1.21. The Bertz CT molecular complexity index is 2760. The predicted molar refractivity (Wildman–Crippen MR) is 214 cm³/mol. The minimum atomic E-state index is -0.109. The molecule has 1 aliphatic carbocycles. The number of para-hydroxylation sites is 1. The van der Waals surface area contributed by atoms with E-state index >= 15 is 0 Å². The van der Waals surface area contributed by atoms with E-state index in [-0.39, 0.29) is 5.41 Å². The van der Waals surface area contributed by atoms with Crippen molar-refractivity contribution in [3.8, 4) is 33.4 Å². The zero-order chi connectivity index (χ0) is 34.1. The van der Waals surface area contributed by atoms with Gasteiger partial charge in [0.05, 0.1) is 0 Å². The Morgan fingerprint density at radius 3 is 1.80 bits per heavy atom. The number of rotatable bonds is 5. The SMILES string of the molecule is CC1(C)c2ccccc2-c2ccc(N(c3ccc(-c4ccccc4)cc3)c3ccc4c(c3)c(-c3ccccc3)cc3oc5ccccc5c34)cc21. The summed E-state index contributed by atoms with van der Waals surface area (Å²) >= 11 is 0. The van der Waals surface area contributed by atoms with E-state index in [1.165, 1.54) is 44.2 Å². The van der Waals surface area contributed by atoms with Crippen LogP contribution in [0.4, 0.5) is 17.1 Å². The highest BCUT2D eigenvalue weighted by Gasteiger charge is 2.35. The molecule has 0 spiro atoms. The predicted octanol–water partition coefficient (Wildman–Crippen LogP) is 13.8. The molecule has 2 heteroatoms. The Morgan fingerprint density at radius 1 is 0.392 bits per heavy atom. The van der Waals surface area contributed by atoms with Crippen LogP contribution in [-0.2, 0) is 5.41 Å². The normalized spacial score (nSPS) is 13.1. The fraction of sp³-hybridized carbons (Fsp3) is 0.0612. The van der Waals surface area contributed by atoms with Gasteiger partial charge < -0.3 is 9.32 Å². The van der Waals surface area contributed by atoms with Gasteiger partial charge in [0.25, 0.3) is 0 Å². The molecule has 1 aliphatic rings. The number of furan rings is 1. The van der Waals surface area contributed by atoms with Gasteiger partial charge in [-0.15, -0.1) is 0 Å². The highest BCUT2D eigenvalue weighted by atomic mass is 16.3. The Kier molecular flexibility index (Phi) is 6.56. The van der Waals surface area contributed by atoms with Crippen molar-refractivity contribution in [2.24, 2.45) is 0 Å². The van der Waals surface area contributed by atoms with Gasteiger partial charge in [-0.05, 0) is 104 Å². The number of hydrogen-bond donors (Lipinski definition) is 0. The van der Waals surface area contributed by atoms with Crippen molar-refractivity contribution >= 4 is 49.8 Å². The van der Waals surface area contributed by atoms with E-state index in [0.717, 1.165) is 50.1 Å². The summed E-state index contributed by atoms with van der Waals surface area (Å²) in [4.78, 5) is 2.42. The van der Waals surface area contributed by atoms with Crippen molar-refractivity contribution in [1.82, 2.24) is 0 Å². The van der Waals surface area contributed by atoms with E-state index in [1.807, 2.05) is 6.07 Å². The van der Waals surface area contributed by atoms with E-state index in [0.29, 0.717) is 0 Å². The lowest BCUT2D eigenvalue weighted by atomic mass is 9.82. The third kappa shape index (κ3) is 4.64. The number of nitrogens with zero attached hydrogens (tertiary/aromatic N) is 1. The first kappa shape index (κ1) is 29.5. The number of fused-ring (bicyclic) bond motifs is 8. The molecule has 0 atom stereocenters. The summed E-state index contributed by atoms with van der Waals surface area (Å²) in [5.74, 6) is 0. The summed E-state index contributed by atoms with van der Waals surface area (Å²) in [6, 6.07) is 63.7. The van der Waals surface area contributed by atoms with Gasteiger partial charge in [-0.2, -0.15) is 0 Å². The Labute approximate surface area is 297 Å². The Morgan fingerprint density at radius 2 is 1.00 bits per heavy atom. The first-order chi connectivity index (χ1) is 25.0. The van der Waals surface area contributed by atoms with E-state index in [4.69, 9.17) is 4.42 Å². The van der Waals surface area contributed by atoms with Gasteiger partial charge in [-0.3, -0.25) is 0 Å². The Hall–Kier alpha value is -6.38. The van der Waals surface area contributed by atoms with Crippen molar-refractivity contribution < 1.29 is 4.42 Å². The van der Waals surface area contributed by atoms with Crippen molar-refractivity contribution in [1.29, 1.82) is 0 Å². The summed E-state index contributed by atoms with van der Waals surface area (Å²) in [7, 11) is 0. The molecular formula is C49H35NO. The summed E-state index contributed by atoms with van der Waals surface area (Å²) in [5, 5.41) is 4.67. The molecule has 0 saturated heterocycles. The standard InChI is InChI=1S/C49H35NO/c1-49(2)44-19-11-9-17-38(44)39-27-25-37(30-45(39)49)50(35-23-21-33(22-24-35)32-13-5-3-6-14-32)36-26-28-40-43(29-36)42(34-15-7-4-8-16-34)31-47-48(40)41-18-10-12-20-46(41)51-47/h3-31H,1-2H3. The first-order valence-electron chi connectivity index (χ1n) is 17.7. The molecule has 2 nitrogen and oxygen atoms in total. The van der Waals surface area contributed by atoms with Crippen LogP contribution in [0.15, 0.2) is 180 Å². The zero-order valence-electron chi connectivity index (χ0n) is 28.6. The smallest absolute Gasteiger partial charge is 0.136 e. The van der Waals surface area contributed by atoms with Crippen LogP contribution in [0.2, 0.25) is 0 Å². The van der Waals surface area contributed by atoms with Crippen LogP contribution in [0.3, 0.4) is 0 Å². The fourth-order valence-corrected chi connectivity index (χ4v) is 8.33. The second-order valence-corrected chi connectivity index (χ2v) is 14.1. The molecule has 0 bridgehead atoms. The van der Waals surface area contributed by atoms with E-state index in [2.05, 4.69) is 189 Å². The summed E-state index contributed by atoms with van der Waals surface area (Å²) in [6.45, 7) is 4.70. The molecular weight excluding hydrogens is 619 g/mol.